The van der Waals surface area contributed by atoms with Gasteiger partial charge >= 0.3 is 5.69 Å². The van der Waals surface area contributed by atoms with Crippen molar-refractivity contribution in [2.75, 3.05) is 5.43 Å². The monoisotopic (exact) mass is 434 g/mol. The number of nitrogens with zero attached hydrogens (tertiary/aromatic N) is 6. The number of fused-ring (bicyclic) bond motifs is 1. The third kappa shape index (κ3) is 3.47. The van der Waals surface area contributed by atoms with Crippen molar-refractivity contribution >= 4 is 35.5 Å². The molecular formula is C17H22N8O4S. The Morgan fingerprint density at radius 1 is 1.20 bits per heavy atom. The predicted molar refractivity (Wildman–Crippen MR) is 115 cm³/mol. The molecule has 3 rings (SSSR count). The standard InChI is InChI=1S/C17H22N8O4S/c1-5-6-7-25-13(27)9(12(26)20-16(25)30)8-18-21-15-19-11-10(22(15)2)14(28)24(4)17(29)23(11)3/h8,27H,5-7H2,1-4H3,(H,19,21)(H,20,26,30). The van der Waals surface area contributed by atoms with E-state index >= 15 is 0 Å². The molecule has 0 aromatic carbocycles. The fourth-order valence-corrected chi connectivity index (χ4v) is 3.26. The Bertz CT molecular complexity index is 1390. The molecule has 0 atom stereocenters. The lowest BCUT2D eigenvalue weighted by molar-refractivity contribution is 0.398. The molecule has 0 saturated carbocycles. The topological polar surface area (TPSA) is 144 Å². The molecule has 3 N–H and O–H groups in total. The number of H-pyrrole nitrogens is 1. The minimum atomic E-state index is -0.586. The Morgan fingerprint density at radius 3 is 2.57 bits per heavy atom. The van der Waals surface area contributed by atoms with Crippen LogP contribution in [-0.4, -0.2) is 39.6 Å². The first-order valence-corrected chi connectivity index (χ1v) is 9.57. The Labute approximate surface area is 174 Å². The van der Waals surface area contributed by atoms with Gasteiger partial charge in [-0.05, 0) is 18.6 Å². The minimum absolute atomic E-state index is 0.0747. The summed E-state index contributed by atoms with van der Waals surface area (Å²) >= 11 is 5.10. The van der Waals surface area contributed by atoms with Gasteiger partial charge in [0.25, 0.3) is 11.1 Å². The second-order valence-electron chi connectivity index (χ2n) is 6.74. The van der Waals surface area contributed by atoms with Crippen LogP contribution >= 0.6 is 12.2 Å². The highest BCUT2D eigenvalue weighted by molar-refractivity contribution is 7.71. The normalized spacial score (nSPS) is 11.6. The highest BCUT2D eigenvalue weighted by atomic mass is 32.1. The van der Waals surface area contributed by atoms with E-state index in [0.717, 1.165) is 23.6 Å². The third-order valence-corrected chi connectivity index (χ3v) is 5.10. The van der Waals surface area contributed by atoms with Gasteiger partial charge in [-0.2, -0.15) is 10.1 Å². The average molecular weight is 434 g/mol. The second kappa shape index (κ2) is 8.10. The Hall–Kier alpha value is -3.48. The van der Waals surface area contributed by atoms with E-state index in [1.807, 2.05) is 6.92 Å². The smallest absolute Gasteiger partial charge is 0.332 e. The van der Waals surface area contributed by atoms with E-state index in [1.165, 1.54) is 27.8 Å². The minimum Gasteiger partial charge on any atom is -0.494 e. The highest BCUT2D eigenvalue weighted by Gasteiger charge is 2.17. The molecule has 0 aliphatic carbocycles. The summed E-state index contributed by atoms with van der Waals surface area (Å²) in [6.07, 6.45) is 2.80. The van der Waals surface area contributed by atoms with Crippen LogP contribution in [0.25, 0.3) is 11.2 Å². The number of aromatic amines is 1. The highest BCUT2D eigenvalue weighted by Crippen LogP contribution is 2.15. The molecule has 12 nitrogen and oxygen atoms in total. The van der Waals surface area contributed by atoms with Crippen LogP contribution < -0.4 is 22.2 Å². The maximum atomic E-state index is 12.4. The van der Waals surface area contributed by atoms with Crippen LogP contribution in [0, 0.1) is 4.77 Å². The van der Waals surface area contributed by atoms with Crippen molar-refractivity contribution in [3.8, 4) is 5.88 Å². The number of hydrogen-bond acceptors (Lipinski definition) is 8. The molecule has 0 spiro atoms. The number of rotatable bonds is 6. The van der Waals surface area contributed by atoms with Crippen LogP contribution in [0.3, 0.4) is 0 Å². The largest absolute Gasteiger partial charge is 0.494 e. The second-order valence-corrected chi connectivity index (χ2v) is 7.13. The van der Waals surface area contributed by atoms with E-state index in [4.69, 9.17) is 12.2 Å². The summed E-state index contributed by atoms with van der Waals surface area (Å²) < 4.78 is 5.24. The Kier molecular flexibility index (Phi) is 5.73. The molecule has 0 unspecified atom stereocenters. The maximum absolute atomic E-state index is 12.4. The van der Waals surface area contributed by atoms with Gasteiger partial charge in [-0.15, -0.1) is 0 Å². The van der Waals surface area contributed by atoms with Crippen LogP contribution in [0.1, 0.15) is 25.3 Å². The first kappa shape index (κ1) is 21.2. The van der Waals surface area contributed by atoms with Crippen molar-refractivity contribution in [3.63, 3.8) is 0 Å². The van der Waals surface area contributed by atoms with Gasteiger partial charge in [0.05, 0.1) is 6.21 Å². The number of unbranched alkanes of at least 4 members (excludes halogenated alkanes) is 1. The zero-order valence-electron chi connectivity index (χ0n) is 17.0. The maximum Gasteiger partial charge on any atom is 0.332 e. The van der Waals surface area contributed by atoms with Gasteiger partial charge in [0.15, 0.2) is 15.9 Å². The molecule has 0 saturated heterocycles. The summed E-state index contributed by atoms with van der Waals surface area (Å²) in [5.41, 5.74) is 1.38. The van der Waals surface area contributed by atoms with Crippen molar-refractivity contribution in [1.82, 2.24) is 28.2 Å². The Balaban J connectivity index is 2.01. The van der Waals surface area contributed by atoms with Gasteiger partial charge in [-0.3, -0.25) is 28.3 Å². The molecule has 0 aliphatic heterocycles. The van der Waals surface area contributed by atoms with Crippen LogP contribution in [0.2, 0.25) is 0 Å². The lowest BCUT2D eigenvalue weighted by atomic mass is 10.3. The van der Waals surface area contributed by atoms with Crippen molar-refractivity contribution < 1.29 is 5.11 Å². The van der Waals surface area contributed by atoms with Gasteiger partial charge < -0.3 is 9.67 Å². The number of aromatic nitrogens is 6. The van der Waals surface area contributed by atoms with E-state index in [1.54, 1.807) is 7.05 Å². The molecule has 3 aromatic heterocycles. The fraction of sp³-hybridized carbons (Fsp3) is 0.412. The van der Waals surface area contributed by atoms with Gasteiger partial charge in [0, 0.05) is 27.7 Å². The summed E-state index contributed by atoms with van der Waals surface area (Å²) in [7, 11) is 4.48. The first-order chi connectivity index (χ1) is 14.2. The van der Waals surface area contributed by atoms with Crippen molar-refractivity contribution in [2.45, 2.75) is 26.3 Å². The summed E-state index contributed by atoms with van der Waals surface area (Å²) in [6, 6.07) is 0. The molecule has 0 radical (unpaired) electrons. The molecule has 30 heavy (non-hydrogen) atoms. The number of imidazole rings is 1. The number of aryl methyl sites for hydroxylation is 2. The average Bonchev–Trinajstić information content (AvgIpc) is 3.03. The first-order valence-electron chi connectivity index (χ1n) is 9.16. The predicted octanol–water partition coefficient (Wildman–Crippen LogP) is 0.142. The quantitative estimate of drug-likeness (QED) is 0.284. The van der Waals surface area contributed by atoms with E-state index in [9.17, 15) is 19.5 Å². The van der Waals surface area contributed by atoms with E-state index < -0.39 is 16.8 Å². The summed E-state index contributed by atoms with van der Waals surface area (Å²) in [6.45, 7) is 2.45. The number of aromatic hydroxyl groups is 1. The fourth-order valence-electron chi connectivity index (χ4n) is 2.99. The lowest BCUT2D eigenvalue weighted by Gasteiger charge is -2.10. The number of hydrogen-bond donors (Lipinski definition) is 3. The molecule has 0 amide bonds. The zero-order chi connectivity index (χ0) is 22.2. The molecule has 160 valence electrons. The van der Waals surface area contributed by atoms with Crippen LogP contribution in [0.15, 0.2) is 19.5 Å². The summed E-state index contributed by atoms with van der Waals surface area (Å²) in [5, 5.41) is 14.4. The van der Waals surface area contributed by atoms with E-state index in [2.05, 4.69) is 20.5 Å². The van der Waals surface area contributed by atoms with Crippen molar-refractivity contribution in [3.05, 3.63) is 41.5 Å². The van der Waals surface area contributed by atoms with E-state index in [-0.39, 0.29) is 33.3 Å². The molecule has 0 bridgehead atoms. The number of nitrogens with one attached hydrogen (secondary N) is 2. The van der Waals surface area contributed by atoms with Crippen molar-refractivity contribution in [2.24, 2.45) is 26.2 Å². The number of anilines is 1. The van der Waals surface area contributed by atoms with E-state index in [0.29, 0.717) is 6.54 Å². The molecule has 0 aliphatic rings. The Morgan fingerprint density at radius 2 is 1.90 bits per heavy atom. The van der Waals surface area contributed by atoms with Crippen LogP contribution in [-0.2, 0) is 27.7 Å². The summed E-state index contributed by atoms with van der Waals surface area (Å²) in [4.78, 5) is 43.4. The SMILES string of the molecule is CCCCn1c(O)c(C=NNc2nc3c(c(=O)n(C)c(=O)n3C)n2C)c(=O)[nH]c1=S. The molecular weight excluding hydrogens is 412 g/mol. The van der Waals surface area contributed by atoms with Crippen molar-refractivity contribution in [1.29, 1.82) is 0 Å². The van der Waals surface area contributed by atoms with Gasteiger partial charge in [-0.1, -0.05) is 13.3 Å². The van der Waals surface area contributed by atoms with Gasteiger partial charge in [0.2, 0.25) is 11.8 Å². The van der Waals surface area contributed by atoms with Crippen LogP contribution in [0.5, 0.6) is 5.88 Å². The summed E-state index contributed by atoms with van der Waals surface area (Å²) in [5.74, 6) is -0.113. The molecule has 0 fully saturated rings. The molecule has 13 heteroatoms. The molecule has 3 aromatic rings. The van der Waals surface area contributed by atoms with Crippen LogP contribution in [0.4, 0.5) is 5.95 Å². The lowest BCUT2D eigenvalue weighted by Crippen LogP contribution is -2.37. The third-order valence-electron chi connectivity index (χ3n) is 4.78. The van der Waals surface area contributed by atoms with Gasteiger partial charge in [-0.25, -0.2) is 10.2 Å². The van der Waals surface area contributed by atoms with Gasteiger partial charge in [0.1, 0.15) is 5.56 Å². The zero-order valence-corrected chi connectivity index (χ0v) is 17.8. The number of hydrazone groups is 1. The molecule has 3 heterocycles.